The van der Waals surface area contributed by atoms with Gasteiger partial charge >= 0.3 is 0 Å². The number of aromatic nitrogens is 1. The summed E-state index contributed by atoms with van der Waals surface area (Å²) >= 11 is 0. The lowest BCUT2D eigenvalue weighted by molar-refractivity contribution is -0.120. The van der Waals surface area contributed by atoms with E-state index < -0.39 is 0 Å². The van der Waals surface area contributed by atoms with E-state index in [4.69, 9.17) is 9.47 Å². The highest BCUT2D eigenvalue weighted by atomic mass is 16.7. The maximum atomic E-state index is 12.2. The minimum atomic E-state index is -0.341. The monoisotopic (exact) mass is 377 g/mol. The van der Waals surface area contributed by atoms with Crippen molar-refractivity contribution >= 4 is 22.7 Å². The van der Waals surface area contributed by atoms with E-state index in [0.29, 0.717) is 30.0 Å². The molecule has 4 rings (SSSR count). The van der Waals surface area contributed by atoms with Gasteiger partial charge < -0.3 is 20.1 Å². The molecule has 3 aromatic rings. The van der Waals surface area contributed by atoms with Gasteiger partial charge in [-0.3, -0.25) is 14.6 Å². The number of para-hydroxylation sites is 1. The molecule has 2 aromatic carbocycles. The third-order valence-corrected chi connectivity index (χ3v) is 4.48. The Kier molecular flexibility index (Phi) is 5.05. The summed E-state index contributed by atoms with van der Waals surface area (Å²) in [5.41, 5.74) is 2.43. The van der Waals surface area contributed by atoms with Crippen molar-refractivity contribution in [2.75, 3.05) is 19.9 Å². The predicted molar refractivity (Wildman–Crippen MR) is 103 cm³/mol. The zero-order valence-corrected chi connectivity index (χ0v) is 15.1. The third kappa shape index (κ3) is 3.88. The molecule has 0 atom stereocenters. The maximum absolute atomic E-state index is 12.2. The van der Waals surface area contributed by atoms with Crippen LogP contribution < -0.4 is 20.1 Å². The summed E-state index contributed by atoms with van der Waals surface area (Å²) in [6.45, 7) is 0.518. The van der Waals surface area contributed by atoms with Gasteiger partial charge in [0, 0.05) is 23.7 Å². The summed E-state index contributed by atoms with van der Waals surface area (Å²) in [4.78, 5) is 28.6. The number of hydrogen-bond acceptors (Lipinski definition) is 5. The number of nitrogens with zero attached hydrogens (tertiary/aromatic N) is 1. The predicted octanol–water partition coefficient (Wildman–Crippen LogP) is 2.05. The highest BCUT2D eigenvalue weighted by Gasteiger charge is 2.16. The average molecular weight is 377 g/mol. The molecule has 0 saturated heterocycles. The van der Waals surface area contributed by atoms with Crippen LogP contribution in [0.4, 0.5) is 0 Å². The van der Waals surface area contributed by atoms with E-state index in [1.807, 2.05) is 30.3 Å². The summed E-state index contributed by atoms with van der Waals surface area (Å²) in [5.74, 6) is 0.548. The largest absolute Gasteiger partial charge is 0.454 e. The van der Waals surface area contributed by atoms with E-state index in [-0.39, 0.29) is 25.2 Å². The summed E-state index contributed by atoms with van der Waals surface area (Å²) in [6.07, 6.45) is 2.42. The first-order valence-electron chi connectivity index (χ1n) is 8.98. The minimum absolute atomic E-state index is 0.0962. The summed E-state index contributed by atoms with van der Waals surface area (Å²) in [5, 5.41) is 6.50. The van der Waals surface area contributed by atoms with Crippen LogP contribution >= 0.6 is 0 Å². The van der Waals surface area contributed by atoms with Crippen LogP contribution in [0.15, 0.2) is 54.7 Å². The van der Waals surface area contributed by atoms with Crippen LogP contribution in [0.5, 0.6) is 11.5 Å². The molecule has 0 unspecified atom stereocenters. The fraction of sp³-hybridized carbons (Fsp3) is 0.190. The molecule has 2 amide bonds. The van der Waals surface area contributed by atoms with Gasteiger partial charge in [-0.05, 0) is 36.2 Å². The molecule has 0 saturated carbocycles. The summed E-state index contributed by atoms with van der Waals surface area (Å²) < 4.78 is 10.5. The van der Waals surface area contributed by atoms with Crippen LogP contribution in [0.1, 0.15) is 15.9 Å². The lowest BCUT2D eigenvalue weighted by Gasteiger charge is -2.09. The molecule has 142 valence electrons. The van der Waals surface area contributed by atoms with Gasteiger partial charge in [-0.25, -0.2) is 0 Å². The zero-order chi connectivity index (χ0) is 19.3. The van der Waals surface area contributed by atoms with E-state index in [9.17, 15) is 9.59 Å². The number of amides is 2. The van der Waals surface area contributed by atoms with Crippen molar-refractivity contribution in [3.63, 3.8) is 0 Å². The van der Waals surface area contributed by atoms with E-state index in [2.05, 4.69) is 15.6 Å². The Balaban J connectivity index is 1.26. The second kappa shape index (κ2) is 7.96. The number of rotatable bonds is 6. The van der Waals surface area contributed by atoms with Crippen molar-refractivity contribution in [1.29, 1.82) is 0 Å². The Hall–Kier alpha value is -3.61. The number of carbonyl (C=O) groups excluding carboxylic acids is 2. The van der Waals surface area contributed by atoms with Crippen molar-refractivity contribution in [3.8, 4) is 11.5 Å². The highest BCUT2D eigenvalue weighted by molar-refractivity contribution is 5.97. The SMILES string of the molecule is O=C(CNC(=O)c1ccc2c(c1)OCO2)NCCc1cccc2cccnc12. The average Bonchev–Trinajstić information content (AvgIpc) is 3.20. The molecule has 1 aliphatic rings. The normalized spacial score (nSPS) is 12.0. The van der Waals surface area contributed by atoms with Gasteiger partial charge in [0.25, 0.3) is 5.91 Å². The van der Waals surface area contributed by atoms with E-state index in [0.717, 1.165) is 16.5 Å². The van der Waals surface area contributed by atoms with Gasteiger partial charge in [-0.2, -0.15) is 0 Å². The molecule has 28 heavy (non-hydrogen) atoms. The molecule has 2 N–H and O–H groups in total. The first-order valence-corrected chi connectivity index (χ1v) is 8.98. The van der Waals surface area contributed by atoms with Crippen molar-refractivity contribution in [2.24, 2.45) is 0 Å². The van der Waals surface area contributed by atoms with Crippen molar-refractivity contribution in [3.05, 3.63) is 65.9 Å². The Bertz CT molecular complexity index is 1030. The number of carbonyl (C=O) groups is 2. The fourth-order valence-corrected chi connectivity index (χ4v) is 3.07. The van der Waals surface area contributed by atoms with Crippen molar-refractivity contribution in [1.82, 2.24) is 15.6 Å². The van der Waals surface area contributed by atoms with Gasteiger partial charge in [0.2, 0.25) is 12.7 Å². The molecule has 7 nitrogen and oxygen atoms in total. The second-order valence-corrected chi connectivity index (χ2v) is 6.34. The van der Waals surface area contributed by atoms with Crippen LogP contribution in [0, 0.1) is 0 Å². The molecule has 1 aliphatic heterocycles. The number of pyridine rings is 1. The Morgan fingerprint density at radius 2 is 1.86 bits per heavy atom. The molecular formula is C21H19N3O4. The van der Waals surface area contributed by atoms with E-state index >= 15 is 0 Å². The lowest BCUT2D eigenvalue weighted by atomic mass is 10.1. The van der Waals surface area contributed by atoms with Gasteiger partial charge in [0.1, 0.15) is 0 Å². The first-order chi connectivity index (χ1) is 13.7. The molecule has 0 spiro atoms. The number of ether oxygens (including phenoxy) is 2. The molecule has 7 heteroatoms. The number of hydrogen-bond donors (Lipinski definition) is 2. The molecule has 0 bridgehead atoms. The molecule has 1 aromatic heterocycles. The van der Waals surface area contributed by atoms with Crippen molar-refractivity contribution in [2.45, 2.75) is 6.42 Å². The Morgan fingerprint density at radius 1 is 1.00 bits per heavy atom. The highest BCUT2D eigenvalue weighted by Crippen LogP contribution is 2.32. The fourth-order valence-electron chi connectivity index (χ4n) is 3.07. The number of fused-ring (bicyclic) bond motifs is 2. The Morgan fingerprint density at radius 3 is 2.79 bits per heavy atom. The molecule has 0 aliphatic carbocycles. The van der Waals surface area contributed by atoms with Crippen LogP contribution in [-0.4, -0.2) is 36.7 Å². The van der Waals surface area contributed by atoms with Crippen molar-refractivity contribution < 1.29 is 19.1 Å². The standard InChI is InChI=1S/C21H19N3O4/c25-19(12-24-21(26)16-6-7-17-18(11-16)28-13-27-17)22-10-8-15-4-1-3-14-5-2-9-23-20(14)15/h1-7,9,11H,8,10,12-13H2,(H,22,25)(H,24,26). The molecule has 0 radical (unpaired) electrons. The summed E-state index contributed by atoms with van der Waals surface area (Å²) in [6, 6.07) is 14.8. The quantitative estimate of drug-likeness (QED) is 0.686. The van der Waals surface area contributed by atoms with Crippen LogP contribution in [-0.2, 0) is 11.2 Å². The minimum Gasteiger partial charge on any atom is -0.454 e. The maximum Gasteiger partial charge on any atom is 0.251 e. The lowest BCUT2D eigenvalue weighted by Crippen LogP contribution is -2.37. The zero-order valence-electron chi connectivity index (χ0n) is 15.1. The topological polar surface area (TPSA) is 89.6 Å². The van der Waals surface area contributed by atoms with Gasteiger partial charge in [-0.1, -0.05) is 24.3 Å². The van der Waals surface area contributed by atoms with Gasteiger partial charge in [0.05, 0.1) is 12.1 Å². The molecule has 0 fully saturated rings. The first kappa shape index (κ1) is 17.8. The number of benzene rings is 2. The molecule has 2 heterocycles. The van der Waals surface area contributed by atoms with E-state index in [1.54, 1.807) is 24.4 Å². The van der Waals surface area contributed by atoms with Crippen LogP contribution in [0.25, 0.3) is 10.9 Å². The third-order valence-electron chi connectivity index (χ3n) is 4.48. The second-order valence-electron chi connectivity index (χ2n) is 6.34. The summed E-state index contributed by atoms with van der Waals surface area (Å²) in [7, 11) is 0. The van der Waals surface area contributed by atoms with Gasteiger partial charge in [-0.15, -0.1) is 0 Å². The van der Waals surface area contributed by atoms with E-state index in [1.165, 1.54) is 0 Å². The molecular weight excluding hydrogens is 358 g/mol. The Labute approximate surface area is 161 Å². The van der Waals surface area contributed by atoms with Gasteiger partial charge in [0.15, 0.2) is 11.5 Å². The van der Waals surface area contributed by atoms with Crippen LogP contribution in [0.3, 0.4) is 0 Å². The van der Waals surface area contributed by atoms with Crippen LogP contribution in [0.2, 0.25) is 0 Å². The smallest absolute Gasteiger partial charge is 0.251 e. The number of nitrogens with one attached hydrogen (secondary N) is 2.